The fourth-order valence-electron chi connectivity index (χ4n) is 1.39. The normalized spacial score (nSPS) is 9.73. The standard InChI is InChI=1S/C11H13FN2O/c1-2-15-11-4-3-10(12)8(5-6-13)9(11)7-14/h3-4H,2,5-6,13H2,1H3. The van der Waals surface area contributed by atoms with Crippen molar-refractivity contribution in [1.29, 1.82) is 5.26 Å². The third-order valence-electron chi connectivity index (χ3n) is 2.02. The molecule has 1 rings (SSSR count). The van der Waals surface area contributed by atoms with Gasteiger partial charge in [0.1, 0.15) is 23.2 Å². The van der Waals surface area contributed by atoms with Crippen molar-refractivity contribution in [2.45, 2.75) is 13.3 Å². The molecule has 0 radical (unpaired) electrons. The number of nitrogens with zero attached hydrogens (tertiary/aromatic N) is 1. The second kappa shape index (κ2) is 5.32. The fraction of sp³-hybridized carbons (Fsp3) is 0.364. The molecule has 0 bridgehead atoms. The number of nitriles is 1. The maximum absolute atomic E-state index is 13.4. The van der Waals surface area contributed by atoms with E-state index in [-0.39, 0.29) is 5.56 Å². The van der Waals surface area contributed by atoms with Crippen LogP contribution in [0.3, 0.4) is 0 Å². The van der Waals surface area contributed by atoms with E-state index in [1.807, 2.05) is 13.0 Å². The van der Waals surface area contributed by atoms with Crippen LogP contribution in [0, 0.1) is 17.1 Å². The number of rotatable bonds is 4. The largest absolute Gasteiger partial charge is 0.492 e. The van der Waals surface area contributed by atoms with E-state index in [9.17, 15) is 4.39 Å². The Morgan fingerprint density at radius 1 is 1.53 bits per heavy atom. The van der Waals surface area contributed by atoms with Gasteiger partial charge in [-0.15, -0.1) is 0 Å². The predicted octanol–water partition coefficient (Wildman–Crippen LogP) is 1.60. The van der Waals surface area contributed by atoms with Crippen LogP contribution >= 0.6 is 0 Å². The van der Waals surface area contributed by atoms with Crippen molar-refractivity contribution >= 4 is 0 Å². The molecular weight excluding hydrogens is 195 g/mol. The lowest BCUT2D eigenvalue weighted by Crippen LogP contribution is -2.08. The molecule has 0 saturated heterocycles. The van der Waals surface area contributed by atoms with E-state index in [4.69, 9.17) is 15.7 Å². The first-order chi connectivity index (χ1) is 7.24. The Balaban J connectivity index is 3.22. The SMILES string of the molecule is CCOc1ccc(F)c(CCN)c1C#N. The molecule has 0 aliphatic carbocycles. The average Bonchev–Trinajstić information content (AvgIpc) is 2.24. The van der Waals surface area contributed by atoms with E-state index in [1.54, 1.807) is 0 Å². The smallest absolute Gasteiger partial charge is 0.137 e. The summed E-state index contributed by atoms with van der Waals surface area (Å²) < 4.78 is 18.6. The second-order valence-electron chi connectivity index (χ2n) is 2.98. The van der Waals surface area contributed by atoms with Crippen LogP contribution in [-0.2, 0) is 6.42 Å². The maximum Gasteiger partial charge on any atom is 0.137 e. The quantitative estimate of drug-likeness (QED) is 0.817. The Morgan fingerprint density at radius 3 is 2.80 bits per heavy atom. The molecule has 0 atom stereocenters. The van der Waals surface area contributed by atoms with Gasteiger partial charge in [-0.05, 0) is 32.0 Å². The Morgan fingerprint density at radius 2 is 2.27 bits per heavy atom. The van der Waals surface area contributed by atoms with Gasteiger partial charge >= 0.3 is 0 Å². The summed E-state index contributed by atoms with van der Waals surface area (Å²) in [4.78, 5) is 0. The molecular formula is C11H13FN2O. The summed E-state index contributed by atoms with van der Waals surface area (Å²) in [5, 5.41) is 8.94. The Kier molecular flexibility index (Phi) is 4.07. The molecule has 0 saturated carbocycles. The lowest BCUT2D eigenvalue weighted by atomic mass is 10.0. The van der Waals surface area contributed by atoms with Crippen molar-refractivity contribution in [3.8, 4) is 11.8 Å². The van der Waals surface area contributed by atoms with Gasteiger partial charge in [-0.3, -0.25) is 0 Å². The third kappa shape index (κ3) is 2.45. The highest BCUT2D eigenvalue weighted by atomic mass is 19.1. The number of hydrogen-bond acceptors (Lipinski definition) is 3. The molecule has 0 heterocycles. The molecule has 0 spiro atoms. The third-order valence-corrected chi connectivity index (χ3v) is 2.02. The van der Waals surface area contributed by atoms with Crippen molar-refractivity contribution in [2.75, 3.05) is 13.2 Å². The van der Waals surface area contributed by atoms with Gasteiger partial charge in [0.25, 0.3) is 0 Å². The number of benzene rings is 1. The molecule has 1 aromatic carbocycles. The van der Waals surface area contributed by atoms with E-state index in [1.165, 1.54) is 12.1 Å². The van der Waals surface area contributed by atoms with Crippen LogP contribution in [0.25, 0.3) is 0 Å². The topological polar surface area (TPSA) is 59.0 Å². The van der Waals surface area contributed by atoms with Gasteiger partial charge in [-0.25, -0.2) is 4.39 Å². The zero-order valence-electron chi connectivity index (χ0n) is 8.59. The van der Waals surface area contributed by atoms with Gasteiger partial charge in [0.05, 0.1) is 6.61 Å². The summed E-state index contributed by atoms with van der Waals surface area (Å²) in [6.45, 7) is 2.57. The molecule has 3 nitrogen and oxygen atoms in total. The van der Waals surface area contributed by atoms with Gasteiger partial charge in [0.15, 0.2) is 0 Å². The van der Waals surface area contributed by atoms with Gasteiger partial charge < -0.3 is 10.5 Å². The highest BCUT2D eigenvalue weighted by molar-refractivity contribution is 5.49. The van der Waals surface area contributed by atoms with Crippen LogP contribution in [-0.4, -0.2) is 13.2 Å². The van der Waals surface area contributed by atoms with E-state index in [2.05, 4.69) is 0 Å². The molecule has 0 amide bonds. The molecule has 0 aliphatic heterocycles. The first kappa shape index (κ1) is 11.5. The van der Waals surface area contributed by atoms with Crippen LogP contribution < -0.4 is 10.5 Å². The average molecular weight is 208 g/mol. The zero-order chi connectivity index (χ0) is 11.3. The first-order valence-electron chi connectivity index (χ1n) is 4.78. The van der Waals surface area contributed by atoms with E-state index < -0.39 is 5.82 Å². The van der Waals surface area contributed by atoms with Crippen LogP contribution in [0.1, 0.15) is 18.1 Å². The number of nitrogens with two attached hydrogens (primary N) is 1. The lowest BCUT2D eigenvalue weighted by molar-refractivity contribution is 0.338. The maximum atomic E-state index is 13.4. The van der Waals surface area contributed by atoms with Crippen LogP contribution in [0.15, 0.2) is 12.1 Å². The summed E-state index contributed by atoms with van der Waals surface area (Å²) in [6.07, 6.45) is 0.343. The molecule has 15 heavy (non-hydrogen) atoms. The van der Waals surface area contributed by atoms with Crippen molar-refractivity contribution in [3.05, 3.63) is 29.1 Å². The van der Waals surface area contributed by atoms with Crippen LogP contribution in [0.5, 0.6) is 5.75 Å². The van der Waals surface area contributed by atoms with Crippen LogP contribution in [0.2, 0.25) is 0 Å². The molecule has 80 valence electrons. The van der Waals surface area contributed by atoms with E-state index >= 15 is 0 Å². The minimum atomic E-state index is -0.402. The van der Waals surface area contributed by atoms with Crippen molar-refractivity contribution in [1.82, 2.24) is 0 Å². The zero-order valence-corrected chi connectivity index (χ0v) is 8.59. The second-order valence-corrected chi connectivity index (χ2v) is 2.98. The molecule has 4 heteroatoms. The predicted molar refractivity (Wildman–Crippen MR) is 55.0 cm³/mol. The lowest BCUT2D eigenvalue weighted by Gasteiger charge is -2.10. The monoisotopic (exact) mass is 208 g/mol. The number of halogens is 1. The van der Waals surface area contributed by atoms with Gasteiger partial charge in [-0.1, -0.05) is 0 Å². The molecule has 0 aromatic heterocycles. The summed E-state index contributed by atoms with van der Waals surface area (Å²) in [7, 11) is 0. The highest BCUT2D eigenvalue weighted by Gasteiger charge is 2.13. The minimum Gasteiger partial charge on any atom is -0.492 e. The van der Waals surface area contributed by atoms with Crippen molar-refractivity contribution < 1.29 is 9.13 Å². The molecule has 0 unspecified atom stereocenters. The summed E-state index contributed by atoms with van der Waals surface area (Å²) in [6, 6.07) is 4.73. The van der Waals surface area contributed by atoms with Gasteiger partial charge in [0.2, 0.25) is 0 Å². The fourth-order valence-corrected chi connectivity index (χ4v) is 1.39. The number of ether oxygens (including phenoxy) is 1. The van der Waals surface area contributed by atoms with E-state index in [0.29, 0.717) is 30.9 Å². The molecule has 2 N–H and O–H groups in total. The van der Waals surface area contributed by atoms with Crippen LogP contribution in [0.4, 0.5) is 4.39 Å². The Labute approximate surface area is 88.3 Å². The molecule has 0 fully saturated rings. The number of hydrogen-bond donors (Lipinski definition) is 1. The van der Waals surface area contributed by atoms with Crippen molar-refractivity contribution in [2.24, 2.45) is 5.73 Å². The highest BCUT2D eigenvalue weighted by Crippen LogP contribution is 2.24. The summed E-state index contributed by atoms with van der Waals surface area (Å²) in [5.74, 6) is 0.0188. The first-order valence-corrected chi connectivity index (χ1v) is 4.78. The van der Waals surface area contributed by atoms with Gasteiger partial charge in [0, 0.05) is 5.56 Å². The molecule has 0 aliphatic rings. The van der Waals surface area contributed by atoms with E-state index in [0.717, 1.165) is 0 Å². The van der Waals surface area contributed by atoms with Gasteiger partial charge in [-0.2, -0.15) is 5.26 Å². The minimum absolute atomic E-state index is 0.252. The van der Waals surface area contributed by atoms with Crippen molar-refractivity contribution in [3.63, 3.8) is 0 Å². The summed E-state index contributed by atoms with van der Waals surface area (Å²) in [5.41, 5.74) is 5.95. The Hall–Kier alpha value is -1.60. The summed E-state index contributed by atoms with van der Waals surface area (Å²) >= 11 is 0. The Bertz CT molecular complexity index is 385. The molecule has 1 aromatic rings.